The van der Waals surface area contributed by atoms with Crippen molar-refractivity contribution in [2.45, 2.75) is 6.92 Å². The molecule has 1 unspecified atom stereocenters. The van der Waals surface area contributed by atoms with Crippen molar-refractivity contribution in [1.29, 1.82) is 5.26 Å². The average Bonchev–Trinajstić information content (AvgIpc) is 2.17. The van der Waals surface area contributed by atoms with Crippen LogP contribution in [0.5, 0.6) is 0 Å². The number of halogens is 1. The molecular formula is C11H13FN2. The molecule has 2 nitrogen and oxygen atoms in total. The molecule has 1 atom stereocenters. The molecular weight excluding hydrogens is 179 g/mol. The Morgan fingerprint density at radius 3 is 2.86 bits per heavy atom. The summed E-state index contributed by atoms with van der Waals surface area (Å²) in [7, 11) is 1.85. The second-order valence-corrected chi connectivity index (χ2v) is 3.39. The van der Waals surface area contributed by atoms with Crippen LogP contribution in [0.1, 0.15) is 6.92 Å². The Hall–Kier alpha value is -1.56. The Labute approximate surface area is 83.6 Å². The number of benzene rings is 1. The van der Waals surface area contributed by atoms with Crippen LogP contribution in [-0.2, 0) is 0 Å². The molecule has 1 aromatic rings. The fourth-order valence-corrected chi connectivity index (χ4v) is 1.27. The van der Waals surface area contributed by atoms with E-state index >= 15 is 0 Å². The molecule has 0 saturated heterocycles. The van der Waals surface area contributed by atoms with Gasteiger partial charge in [-0.3, -0.25) is 0 Å². The van der Waals surface area contributed by atoms with Crippen LogP contribution in [0.25, 0.3) is 0 Å². The van der Waals surface area contributed by atoms with Crippen LogP contribution in [0.2, 0.25) is 0 Å². The third-order valence-electron chi connectivity index (χ3n) is 2.02. The van der Waals surface area contributed by atoms with Crippen molar-refractivity contribution >= 4 is 5.69 Å². The van der Waals surface area contributed by atoms with Crippen LogP contribution in [0.4, 0.5) is 10.1 Å². The maximum Gasteiger partial charge on any atom is 0.125 e. The van der Waals surface area contributed by atoms with Crippen LogP contribution in [-0.4, -0.2) is 13.6 Å². The van der Waals surface area contributed by atoms with Crippen LogP contribution >= 0.6 is 0 Å². The van der Waals surface area contributed by atoms with E-state index in [1.807, 2.05) is 24.9 Å². The molecule has 14 heavy (non-hydrogen) atoms. The molecule has 0 fully saturated rings. The van der Waals surface area contributed by atoms with Gasteiger partial charge in [-0.2, -0.15) is 5.26 Å². The molecule has 0 radical (unpaired) electrons. The Balaban J connectivity index is 2.70. The van der Waals surface area contributed by atoms with Gasteiger partial charge in [-0.25, -0.2) is 4.39 Å². The molecule has 0 aliphatic rings. The van der Waals surface area contributed by atoms with Crippen LogP contribution in [0.3, 0.4) is 0 Å². The van der Waals surface area contributed by atoms with Crippen molar-refractivity contribution in [1.82, 2.24) is 0 Å². The average molecular weight is 192 g/mol. The van der Waals surface area contributed by atoms with Gasteiger partial charge in [0.15, 0.2) is 0 Å². The number of rotatable bonds is 3. The fourth-order valence-electron chi connectivity index (χ4n) is 1.27. The highest BCUT2D eigenvalue weighted by atomic mass is 19.1. The van der Waals surface area contributed by atoms with E-state index in [1.54, 1.807) is 6.07 Å². The molecule has 74 valence electrons. The van der Waals surface area contributed by atoms with Crippen molar-refractivity contribution in [2.75, 3.05) is 18.5 Å². The third kappa shape index (κ3) is 2.74. The van der Waals surface area contributed by atoms with E-state index in [0.717, 1.165) is 5.69 Å². The molecule has 0 spiro atoms. The highest BCUT2D eigenvalue weighted by Crippen LogP contribution is 2.14. The SMILES string of the molecule is CC(C#N)CN(C)c1cccc(F)c1. The van der Waals surface area contributed by atoms with E-state index in [9.17, 15) is 4.39 Å². The van der Waals surface area contributed by atoms with Crippen LogP contribution < -0.4 is 4.90 Å². The quantitative estimate of drug-likeness (QED) is 0.735. The molecule has 0 bridgehead atoms. The normalized spacial score (nSPS) is 11.9. The summed E-state index contributed by atoms with van der Waals surface area (Å²) in [4.78, 5) is 1.87. The zero-order valence-corrected chi connectivity index (χ0v) is 8.37. The van der Waals surface area contributed by atoms with Crippen LogP contribution in [0, 0.1) is 23.1 Å². The number of nitrogens with zero attached hydrogens (tertiary/aromatic N) is 2. The summed E-state index contributed by atoms with van der Waals surface area (Å²) >= 11 is 0. The third-order valence-corrected chi connectivity index (χ3v) is 2.02. The summed E-state index contributed by atoms with van der Waals surface area (Å²) in [5.74, 6) is -0.303. The molecule has 0 aliphatic heterocycles. The van der Waals surface area contributed by atoms with Gasteiger partial charge in [0, 0.05) is 19.3 Å². The van der Waals surface area contributed by atoms with Gasteiger partial charge in [0.1, 0.15) is 5.82 Å². The molecule has 0 aliphatic carbocycles. The van der Waals surface area contributed by atoms with Crippen molar-refractivity contribution in [3.8, 4) is 6.07 Å². The summed E-state index contributed by atoms with van der Waals surface area (Å²) < 4.78 is 12.9. The van der Waals surface area contributed by atoms with Gasteiger partial charge in [0.25, 0.3) is 0 Å². The maximum absolute atomic E-state index is 12.9. The lowest BCUT2D eigenvalue weighted by atomic mass is 10.2. The summed E-state index contributed by atoms with van der Waals surface area (Å²) in [5.41, 5.74) is 0.798. The molecule has 1 rings (SSSR count). The van der Waals surface area contributed by atoms with Gasteiger partial charge in [-0.15, -0.1) is 0 Å². The summed E-state index contributed by atoms with van der Waals surface area (Å²) in [6.45, 7) is 2.45. The monoisotopic (exact) mass is 192 g/mol. The standard InChI is InChI=1S/C11H13FN2/c1-9(7-13)8-14(2)11-5-3-4-10(12)6-11/h3-6,9H,8H2,1-2H3. The zero-order chi connectivity index (χ0) is 10.6. The first-order chi connectivity index (χ1) is 6.63. The Morgan fingerprint density at radius 2 is 2.29 bits per heavy atom. The highest BCUT2D eigenvalue weighted by Gasteiger charge is 2.06. The lowest BCUT2D eigenvalue weighted by Crippen LogP contribution is -2.23. The summed E-state index contributed by atoms with van der Waals surface area (Å²) in [5, 5.41) is 8.63. The first kappa shape index (κ1) is 10.5. The van der Waals surface area contributed by atoms with Crippen molar-refractivity contribution in [3.63, 3.8) is 0 Å². The lowest BCUT2D eigenvalue weighted by molar-refractivity contribution is 0.626. The molecule has 0 amide bonds. The molecule has 1 aromatic carbocycles. The van der Waals surface area contributed by atoms with E-state index in [4.69, 9.17) is 5.26 Å². The number of hydrogen-bond acceptors (Lipinski definition) is 2. The molecule has 0 heterocycles. The van der Waals surface area contributed by atoms with Gasteiger partial charge >= 0.3 is 0 Å². The van der Waals surface area contributed by atoms with Gasteiger partial charge in [0.05, 0.1) is 12.0 Å². The number of nitriles is 1. The van der Waals surface area contributed by atoms with Crippen LogP contribution in [0.15, 0.2) is 24.3 Å². The zero-order valence-electron chi connectivity index (χ0n) is 8.37. The molecule has 0 N–H and O–H groups in total. The first-order valence-corrected chi connectivity index (χ1v) is 4.50. The minimum absolute atomic E-state index is 0.0525. The van der Waals surface area contributed by atoms with Gasteiger partial charge < -0.3 is 4.90 Å². The van der Waals surface area contributed by atoms with E-state index < -0.39 is 0 Å². The second-order valence-electron chi connectivity index (χ2n) is 3.39. The van der Waals surface area contributed by atoms with E-state index in [0.29, 0.717) is 6.54 Å². The fraction of sp³-hybridized carbons (Fsp3) is 0.364. The van der Waals surface area contributed by atoms with Crippen molar-refractivity contribution in [2.24, 2.45) is 5.92 Å². The van der Waals surface area contributed by atoms with Gasteiger partial charge in [-0.1, -0.05) is 6.07 Å². The number of hydrogen-bond donors (Lipinski definition) is 0. The minimum Gasteiger partial charge on any atom is -0.373 e. The molecule has 0 saturated carbocycles. The largest absolute Gasteiger partial charge is 0.373 e. The summed E-state index contributed by atoms with van der Waals surface area (Å²) in [6, 6.07) is 8.51. The number of anilines is 1. The van der Waals surface area contributed by atoms with Crippen molar-refractivity contribution < 1.29 is 4.39 Å². The topological polar surface area (TPSA) is 27.0 Å². The highest BCUT2D eigenvalue weighted by molar-refractivity contribution is 5.45. The van der Waals surface area contributed by atoms with E-state index in [1.165, 1.54) is 12.1 Å². The second kappa shape index (κ2) is 4.61. The van der Waals surface area contributed by atoms with E-state index in [-0.39, 0.29) is 11.7 Å². The minimum atomic E-state index is -0.251. The van der Waals surface area contributed by atoms with Gasteiger partial charge in [-0.05, 0) is 25.1 Å². The predicted octanol–water partition coefficient (Wildman–Crippen LogP) is 2.42. The van der Waals surface area contributed by atoms with Crippen molar-refractivity contribution in [3.05, 3.63) is 30.1 Å². The molecule has 3 heteroatoms. The smallest absolute Gasteiger partial charge is 0.125 e. The maximum atomic E-state index is 12.9. The molecule has 0 aromatic heterocycles. The Kier molecular flexibility index (Phi) is 3.47. The Bertz CT molecular complexity index is 343. The predicted molar refractivity (Wildman–Crippen MR) is 54.4 cm³/mol. The summed E-state index contributed by atoms with van der Waals surface area (Å²) in [6.07, 6.45) is 0. The lowest BCUT2D eigenvalue weighted by Gasteiger charge is -2.20. The Morgan fingerprint density at radius 1 is 1.57 bits per heavy atom. The van der Waals surface area contributed by atoms with Gasteiger partial charge in [0.2, 0.25) is 0 Å². The first-order valence-electron chi connectivity index (χ1n) is 4.50. The van der Waals surface area contributed by atoms with E-state index in [2.05, 4.69) is 6.07 Å².